The minimum absolute atomic E-state index is 0.409. The lowest BCUT2D eigenvalue weighted by molar-refractivity contribution is 0.266. The second-order valence-electron chi connectivity index (χ2n) is 6.37. The number of hydrogen-bond acceptors (Lipinski definition) is 7. The molecule has 0 radical (unpaired) electrons. The first-order valence-electron chi connectivity index (χ1n) is 9.13. The fourth-order valence-corrected chi connectivity index (χ4v) is 2.79. The van der Waals surface area contributed by atoms with Crippen LogP contribution in [0, 0.1) is 13.8 Å². The van der Waals surface area contributed by atoms with Crippen LogP contribution in [0.15, 0.2) is 53.6 Å². The van der Waals surface area contributed by atoms with Gasteiger partial charge in [0.05, 0.1) is 20.4 Å². The fourth-order valence-electron chi connectivity index (χ4n) is 2.79. The van der Waals surface area contributed by atoms with E-state index >= 15 is 0 Å². The zero-order valence-electron chi connectivity index (χ0n) is 17.0. The van der Waals surface area contributed by atoms with Crippen LogP contribution in [0.5, 0.6) is 17.2 Å². The Kier molecular flexibility index (Phi) is 6.63. The number of methoxy groups -OCH3 is 2. The lowest BCUT2D eigenvalue weighted by atomic mass is 10.2. The van der Waals surface area contributed by atoms with Gasteiger partial charge in [-0.05, 0) is 37.6 Å². The maximum atomic E-state index is 5.96. The summed E-state index contributed by atoms with van der Waals surface area (Å²) < 4.78 is 17.0. The molecule has 29 heavy (non-hydrogen) atoms. The van der Waals surface area contributed by atoms with Crippen LogP contribution in [0.25, 0.3) is 0 Å². The summed E-state index contributed by atoms with van der Waals surface area (Å²) in [4.78, 5) is 8.59. The van der Waals surface area contributed by atoms with Crippen LogP contribution in [0.2, 0.25) is 0 Å². The molecular weight excluding hydrogens is 368 g/mol. The molecule has 7 heteroatoms. The average Bonchev–Trinajstić information content (AvgIpc) is 2.72. The number of rotatable bonds is 8. The Hall–Kier alpha value is -3.61. The number of ether oxygens (including phenoxy) is 3. The van der Waals surface area contributed by atoms with E-state index in [-0.39, 0.29) is 0 Å². The summed E-state index contributed by atoms with van der Waals surface area (Å²) in [5.41, 5.74) is 6.43. The van der Waals surface area contributed by atoms with Crippen LogP contribution in [0.3, 0.4) is 0 Å². The third-order valence-electron chi connectivity index (χ3n) is 4.07. The first-order chi connectivity index (χ1) is 14.1. The molecule has 1 heterocycles. The van der Waals surface area contributed by atoms with Gasteiger partial charge in [-0.1, -0.05) is 30.3 Å². The normalized spacial score (nSPS) is 10.8. The molecule has 2 aromatic carbocycles. The standard InChI is InChI=1S/C22H24N4O3/c1-15-10-16(2)25-22(24-15)26-23-13-18-11-19(27-3)21(20(12-18)28-4)29-14-17-8-6-5-7-9-17/h5-13H,14H2,1-4H3,(H,24,25,26)/b23-13-. The summed E-state index contributed by atoms with van der Waals surface area (Å²) in [5, 5.41) is 4.22. The predicted molar refractivity (Wildman–Crippen MR) is 113 cm³/mol. The predicted octanol–water partition coefficient (Wildman–Crippen LogP) is 4.14. The number of anilines is 1. The van der Waals surface area contributed by atoms with Crippen molar-refractivity contribution in [2.24, 2.45) is 5.10 Å². The van der Waals surface area contributed by atoms with E-state index in [0.29, 0.717) is 29.8 Å². The van der Waals surface area contributed by atoms with Gasteiger partial charge in [0.25, 0.3) is 0 Å². The Morgan fingerprint density at radius 1 is 0.931 bits per heavy atom. The van der Waals surface area contributed by atoms with E-state index in [2.05, 4.69) is 20.5 Å². The van der Waals surface area contributed by atoms with Gasteiger partial charge in [0, 0.05) is 17.0 Å². The van der Waals surface area contributed by atoms with E-state index in [0.717, 1.165) is 22.5 Å². The molecule has 0 aliphatic heterocycles. The molecule has 0 saturated carbocycles. The molecule has 0 spiro atoms. The smallest absolute Gasteiger partial charge is 0.243 e. The fraction of sp³-hybridized carbons (Fsp3) is 0.227. The molecular formula is C22H24N4O3. The molecule has 3 rings (SSSR count). The van der Waals surface area contributed by atoms with E-state index in [9.17, 15) is 0 Å². The monoisotopic (exact) mass is 392 g/mol. The van der Waals surface area contributed by atoms with Crippen LogP contribution < -0.4 is 19.6 Å². The molecule has 0 saturated heterocycles. The SMILES string of the molecule is COc1cc(/C=N\Nc2nc(C)cc(C)n2)cc(OC)c1OCc1ccccc1. The van der Waals surface area contributed by atoms with Crippen LogP contribution in [-0.2, 0) is 6.61 Å². The van der Waals surface area contributed by atoms with Crippen LogP contribution >= 0.6 is 0 Å². The van der Waals surface area contributed by atoms with Crippen LogP contribution in [-0.4, -0.2) is 30.4 Å². The van der Waals surface area contributed by atoms with Gasteiger partial charge in [-0.25, -0.2) is 15.4 Å². The van der Waals surface area contributed by atoms with E-state index in [1.165, 1.54) is 0 Å². The number of hydrogen-bond donors (Lipinski definition) is 1. The molecule has 7 nitrogen and oxygen atoms in total. The topological polar surface area (TPSA) is 77.9 Å². The second-order valence-corrected chi connectivity index (χ2v) is 6.37. The second kappa shape index (κ2) is 9.54. The number of hydrazone groups is 1. The quantitative estimate of drug-likeness (QED) is 0.459. The highest BCUT2D eigenvalue weighted by Crippen LogP contribution is 2.38. The molecule has 0 fully saturated rings. The summed E-state index contributed by atoms with van der Waals surface area (Å²) >= 11 is 0. The third kappa shape index (κ3) is 5.44. The summed E-state index contributed by atoms with van der Waals surface area (Å²) in [6, 6.07) is 15.5. The molecule has 1 aromatic heterocycles. The minimum Gasteiger partial charge on any atom is -0.493 e. The number of nitrogens with one attached hydrogen (secondary N) is 1. The summed E-state index contributed by atoms with van der Waals surface area (Å²) in [7, 11) is 3.18. The van der Waals surface area contributed by atoms with Gasteiger partial charge >= 0.3 is 0 Å². The summed E-state index contributed by atoms with van der Waals surface area (Å²) in [6.07, 6.45) is 1.65. The van der Waals surface area contributed by atoms with Crippen molar-refractivity contribution in [3.63, 3.8) is 0 Å². The van der Waals surface area contributed by atoms with E-state index < -0.39 is 0 Å². The number of aromatic nitrogens is 2. The third-order valence-corrected chi connectivity index (χ3v) is 4.07. The Bertz CT molecular complexity index is 945. The number of nitrogens with zero attached hydrogens (tertiary/aromatic N) is 3. The Morgan fingerprint density at radius 2 is 1.55 bits per heavy atom. The highest BCUT2D eigenvalue weighted by atomic mass is 16.5. The number of aryl methyl sites for hydroxylation is 2. The summed E-state index contributed by atoms with van der Waals surface area (Å²) in [5.74, 6) is 2.11. The Balaban J connectivity index is 1.77. The molecule has 0 aliphatic carbocycles. The average molecular weight is 392 g/mol. The first kappa shape index (κ1) is 20.1. The lowest BCUT2D eigenvalue weighted by Gasteiger charge is -2.15. The van der Waals surface area contributed by atoms with Gasteiger partial charge in [0.15, 0.2) is 11.5 Å². The van der Waals surface area contributed by atoms with Gasteiger partial charge in [-0.15, -0.1) is 0 Å². The molecule has 0 aliphatic rings. The van der Waals surface area contributed by atoms with Gasteiger partial charge in [-0.3, -0.25) is 0 Å². The van der Waals surface area contributed by atoms with Gasteiger partial charge in [0.1, 0.15) is 6.61 Å². The van der Waals surface area contributed by atoms with Crippen molar-refractivity contribution < 1.29 is 14.2 Å². The Morgan fingerprint density at radius 3 is 2.14 bits per heavy atom. The van der Waals surface area contributed by atoms with Gasteiger partial charge < -0.3 is 14.2 Å². The highest BCUT2D eigenvalue weighted by Gasteiger charge is 2.14. The minimum atomic E-state index is 0.409. The van der Waals surface area contributed by atoms with Crippen molar-refractivity contribution in [3.8, 4) is 17.2 Å². The zero-order chi connectivity index (χ0) is 20.6. The molecule has 0 atom stereocenters. The lowest BCUT2D eigenvalue weighted by Crippen LogP contribution is -2.02. The maximum absolute atomic E-state index is 5.96. The first-order valence-corrected chi connectivity index (χ1v) is 9.13. The van der Waals surface area contributed by atoms with Crippen LogP contribution in [0.4, 0.5) is 5.95 Å². The molecule has 1 N–H and O–H groups in total. The summed E-state index contributed by atoms with van der Waals surface area (Å²) in [6.45, 7) is 4.23. The van der Waals surface area contributed by atoms with E-state index in [1.807, 2.05) is 62.4 Å². The van der Waals surface area contributed by atoms with Gasteiger partial charge in [-0.2, -0.15) is 5.10 Å². The largest absolute Gasteiger partial charge is 0.493 e. The number of benzene rings is 2. The van der Waals surface area contributed by atoms with Gasteiger partial charge in [0.2, 0.25) is 11.7 Å². The van der Waals surface area contributed by atoms with Crippen molar-refractivity contribution in [1.82, 2.24) is 9.97 Å². The highest BCUT2D eigenvalue weighted by molar-refractivity contribution is 5.82. The zero-order valence-corrected chi connectivity index (χ0v) is 17.0. The van der Waals surface area contributed by atoms with Crippen molar-refractivity contribution in [2.45, 2.75) is 20.5 Å². The molecule has 150 valence electrons. The molecule has 0 amide bonds. The van der Waals surface area contributed by atoms with Crippen molar-refractivity contribution in [3.05, 3.63) is 71.0 Å². The van der Waals surface area contributed by atoms with E-state index in [4.69, 9.17) is 14.2 Å². The molecule has 3 aromatic rings. The maximum Gasteiger partial charge on any atom is 0.243 e. The van der Waals surface area contributed by atoms with E-state index in [1.54, 1.807) is 20.4 Å². The van der Waals surface area contributed by atoms with Crippen molar-refractivity contribution in [2.75, 3.05) is 19.6 Å². The van der Waals surface area contributed by atoms with Crippen LogP contribution in [0.1, 0.15) is 22.5 Å². The van der Waals surface area contributed by atoms with Crippen molar-refractivity contribution in [1.29, 1.82) is 0 Å². The molecule has 0 unspecified atom stereocenters. The van der Waals surface area contributed by atoms with Crippen molar-refractivity contribution >= 4 is 12.2 Å². The Labute approximate surface area is 170 Å². The molecule has 0 bridgehead atoms.